The van der Waals surface area contributed by atoms with Gasteiger partial charge in [-0.3, -0.25) is 0 Å². The van der Waals surface area contributed by atoms with Crippen LogP contribution in [-0.4, -0.2) is 13.5 Å². The summed E-state index contributed by atoms with van der Waals surface area (Å²) < 4.78 is 65.1. The molecule has 0 saturated heterocycles. The maximum Gasteiger partial charge on any atom is 1.00 e. The Morgan fingerprint density at radius 2 is 1.75 bits per heavy atom. The van der Waals surface area contributed by atoms with Crippen molar-refractivity contribution in [1.29, 1.82) is 0 Å². The molecule has 0 aliphatic carbocycles. The van der Waals surface area contributed by atoms with Gasteiger partial charge in [-0.15, -0.1) is 0 Å². The molecule has 0 unspecified atom stereocenters. The first-order chi connectivity index (χ1) is 6.79. The number of ether oxygens (including phenoxy) is 1. The maximum absolute atomic E-state index is 12.9. The van der Waals surface area contributed by atoms with E-state index in [0.717, 1.165) is 12.1 Å². The number of hydrogen-bond acceptors (Lipinski definition) is 1. The van der Waals surface area contributed by atoms with Crippen molar-refractivity contribution in [3.05, 3.63) is 28.2 Å². The summed E-state index contributed by atoms with van der Waals surface area (Å²) in [4.78, 5) is 0. The second-order valence-electron chi connectivity index (χ2n) is 2.72. The van der Waals surface area contributed by atoms with Crippen LogP contribution in [0, 0.1) is 11.6 Å². The Morgan fingerprint density at radius 3 is 2.25 bits per heavy atom. The molecule has 0 N–H and O–H groups in total. The van der Waals surface area contributed by atoms with Crippen molar-refractivity contribution in [2.75, 3.05) is 6.51 Å². The van der Waals surface area contributed by atoms with Gasteiger partial charge in [0.25, 0.3) is 0 Å². The molecule has 0 radical (unpaired) electrons. The van der Waals surface area contributed by atoms with E-state index in [1.807, 2.05) is 0 Å². The van der Waals surface area contributed by atoms with Crippen molar-refractivity contribution in [3.8, 4) is 5.75 Å². The first-order valence-electron chi connectivity index (χ1n) is 3.78. The molecule has 0 amide bonds. The fourth-order valence-electron chi connectivity index (χ4n) is 0.822. The van der Waals surface area contributed by atoms with E-state index in [-0.39, 0.29) is 55.9 Å². The molecule has 0 aromatic heterocycles. The van der Waals surface area contributed by atoms with Gasteiger partial charge in [-0.25, -0.2) is 4.39 Å². The third-order valence-electron chi connectivity index (χ3n) is 1.39. The molecule has 1 nitrogen and oxygen atoms in total. The van der Waals surface area contributed by atoms with Crippen LogP contribution >= 0.6 is 15.9 Å². The van der Waals surface area contributed by atoms with Crippen molar-refractivity contribution in [2.45, 2.75) is 0 Å². The smallest absolute Gasteiger partial charge is 0.519 e. The van der Waals surface area contributed by atoms with Crippen LogP contribution in [0.2, 0.25) is 0 Å². The monoisotopic (exact) mass is 328 g/mol. The van der Waals surface area contributed by atoms with E-state index in [2.05, 4.69) is 20.7 Å². The van der Waals surface area contributed by atoms with Gasteiger partial charge in [-0.05, 0) is 12.1 Å². The zero-order valence-corrected chi connectivity index (χ0v) is 12.8. The quantitative estimate of drug-likeness (QED) is 0.446. The summed E-state index contributed by atoms with van der Waals surface area (Å²) >= 11 is 2.80. The summed E-state index contributed by atoms with van der Waals surface area (Å²) in [5.41, 5.74) is 0. The first-order valence-corrected chi connectivity index (χ1v) is 4.57. The Labute approximate surface area is 139 Å². The number of benzene rings is 1. The van der Waals surface area contributed by atoms with Crippen LogP contribution in [0.25, 0.3) is 0 Å². The van der Waals surface area contributed by atoms with Gasteiger partial charge in [0, 0.05) is 4.47 Å². The molecule has 1 aromatic rings. The fraction of sp³-hybridized carbons (Fsp3) is 0.143. The maximum atomic E-state index is 12.9. The van der Waals surface area contributed by atoms with Crippen LogP contribution in [0.1, 0.15) is 0 Å². The SMILES string of the molecule is Fc1cc(Br)cc(OC[B-](F)(F)F)c1F.[K+]. The average molecular weight is 329 g/mol. The fourth-order valence-corrected chi connectivity index (χ4v) is 1.23. The van der Waals surface area contributed by atoms with Gasteiger partial charge in [0.15, 0.2) is 11.6 Å². The van der Waals surface area contributed by atoms with Crippen LogP contribution in [0.5, 0.6) is 5.75 Å². The predicted molar refractivity (Wildman–Crippen MR) is 48.6 cm³/mol. The molecule has 0 aliphatic heterocycles. The van der Waals surface area contributed by atoms with E-state index < -0.39 is 30.9 Å². The number of hydrogen-bond donors (Lipinski definition) is 0. The van der Waals surface area contributed by atoms with Crippen LogP contribution in [0.15, 0.2) is 16.6 Å². The molecule has 0 bridgehead atoms. The van der Waals surface area contributed by atoms with Crippen molar-refractivity contribution in [1.82, 2.24) is 0 Å². The van der Waals surface area contributed by atoms with Gasteiger partial charge in [0.2, 0.25) is 5.82 Å². The second-order valence-corrected chi connectivity index (χ2v) is 3.64. The van der Waals surface area contributed by atoms with Gasteiger partial charge in [0.1, 0.15) is 0 Å². The third-order valence-corrected chi connectivity index (χ3v) is 1.85. The molecular weight excluding hydrogens is 325 g/mol. The summed E-state index contributed by atoms with van der Waals surface area (Å²) in [6, 6.07) is 1.72. The standard InChI is InChI=1S/C7H4BBrF5O.K/c9-4-1-5(10)7(11)6(2-4)15-3-8(12,13)14;/h1-2H,3H2;/q-1;+1. The topological polar surface area (TPSA) is 9.23 Å². The van der Waals surface area contributed by atoms with Gasteiger partial charge in [-0.1, -0.05) is 15.9 Å². The van der Waals surface area contributed by atoms with Crippen molar-refractivity contribution < 1.29 is 77.8 Å². The summed E-state index contributed by atoms with van der Waals surface area (Å²) in [6.45, 7) is -6.80. The second kappa shape index (κ2) is 6.70. The van der Waals surface area contributed by atoms with Crippen molar-refractivity contribution in [2.24, 2.45) is 0 Å². The molecule has 1 rings (SSSR count). The largest absolute Gasteiger partial charge is 1.00 e. The van der Waals surface area contributed by atoms with E-state index >= 15 is 0 Å². The molecular formula is C7H4BBrF5KO. The van der Waals surface area contributed by atoms with E-state index in [1.165, 1.54) is 0 Å². The first kappa shape index (κ1) is 16.9. The van der Waals surface area contributed by atoms with Gasteiger partial charge >= 0.3 is 58.4 Å². The normalized spacial score (nSPS) is 10.9. The third kappa shape index (κ3) is 5.46. The molecule has 1 aromatic carbocycles. The minimum Gasteiger partial charge on any atom is -0.519 e. The zero-order chi connectivity index (χ0) is 11.6. The summed E-state index contributed by atoms with van der Waals surface area (Å²) in [6.07, 6.45) is 0. The zero-order valence-electron chi connectivity index (χ0n) is 8.12. The van der Waals surface area contributed by atoms with E-state index in [9.17, 15) is 21.7 Å². The number of rotatable bonds is 3. The van der Waals surface area contributed by atoms with E-state index in [4.69, 9.17) is 0 Å². The molecule has 0 heterocycles. The van der Waals surface area contributed by atoms with Crippen LogP contribution in [0.3, 0.4) is 0 Å². The molecule has 84 valence electrons. The minimum absolute atomic E-state index is 0. The van der Waals surface area contributed by atoms with Crippen molar-refractivity contribution in [3.63, 3.8) is 0 Å². The average Bonchev–Trinajstić information content (AvgIpc) is 2.07. The number of halogens is 6. The Bertz CT molecular complexity index is 373. The Hall–Kier alpha value is 0.851. The van der Waals surface area contributed by atoms with E-state index in [0.29, 0.717) is 0 Å². The molecule has 0 atom stereocenters. The summed E-state index contributed by atoms with van der Waals surface area (Å²) in [7, 11) is 0. The molecule has 9 heteroatoms. The van der Waals surface area contributed by atoms with Crippen LogP contribution in [0.4, 0.5) is 21.7 Å². The summed E-state index contributed by atoms with van der Waals surface area (Å²) in [5, 5.41) is 0. The molecule has 0 fully saturated rings. The Balaban J connectivity index is 0.00000225. The summed E-state index contributed by atoms with van der Waals surface area (Å²) in [5.74, 6) is -3.46. The Kier molecular flexibility index (Phi) is 7.05. The minimum atomic E-state index is -5.19. The Morgan fingerprint density at radius 1 is 1.19 bits per heavy atom. The van der Waals surface area contributed by atoms with Gasteiger partial charge in [0.05, 0.1) is 6.51 Å². The predicted octanol–water partition coefficient (Wildman–Crippen LogP) is 0.497. The molecule has 0 spiro atoms. The molecule has 0 aliphatic rings. The van der Waals surface area contributed by atoms with E-state index in [1.54, 1.807) is 0 Å². The van der Waals surface area contributed by atoms with Crippen molar-refractivity contribution >= 4 is 22.9 Å². The molecule has 16 heavy (non-hydrogen) atoms. The van der Waals surface area contributed by atoms with Gasteiger partial charge < -0.3 is 17.7 Å². The molecule has 0 saturated carbocycles. The van der Waals surface area contributed by atoms with Crippen LogP contribution < -0.4 is 56.1 Å². The van der Waals surface area contributed by atoms with Crippen LogP contribution in [-0.2, 0) is 0 Å². The van der Waals surface area contributed by atoms with Gasteiger partial charge in [-0.2, -0.15) is 4.39 Å².